The zero-order chi connectivity index (χ0) is 29.1. The van der Waals surface area contributed by atoms with E-state index in [0.29, 0.717) is 28.5 Å². The predicted octanol–water partition coefficient (Wildman–Crippen LogP) is 5.63. The van der Waals surface area contributed by atoms with E-state index < -0.39 is 5.56 Å². The Morgan fingerprint density at radius 3 is 2.17 bits per heavy atom. The Kier molecular flexibility index (Phi) is 12.0. The highest BCUT2D eigenvalue weighted by atomic mass is 32.2. The van der Waals surface area contributed by atoms with Gasteiger partial charge in [0.2, 0.25) is 16.9 Å². The van der Waals surface area contributed by atoms with Crippen molar-refractivity contribution in [2.24, 2.45) is 4.99 Å². The Morgan fingerprint density at radius 2 is 1.55 bits per heavy atom. The van der Waals surface area contributed by atoms with Crippen molar-refractivity contribution in [1.29, 1.82) is 0 Å². The Balaban J connectivity index is 1.85. The Hall–Kier alpha value is -3.44. The van der Waals surface area contributed by atoms with Crippen LogP contribution in [-0.2, 0) is 9.59 Å². The second-order valence-corrected chi connectivity index (χ2v) is 11.5. The van der Waals surface area contributed by atoms with Gasteiger partial charge in [0.25, 0.3) is 5.56 Å². The van der Waals surface area contributed by atoms with Crippen LogP contribution in [0.3, 0.4) is 0 Å². The van der Waals surface area contributed by atoms with Crippen molar-refractivity contribution in [3.05, 3.63) is 58.9 Å². The van der Waals surface area contributed by atoms with E-state index in [9.17, 15) is 19.5 Å². The van der Waals surface area contributed by atoms with Gasteiger partial charge in [0.15, 0.2) is 5.69 Å². The smallest absolute Gasteiger partial charge is 0.299 e. The summed E-state index contributed by atoms with van der Waals surface area (Å²) in [4.78, 5) is 43.5. The van der Waals surface area contributed by atoms with Gasteiger partial charge < -0.3 is 15.3 Å². The maximum Gasteiger partial charge on any atom is 0.299 e. The summed E-state index contributed by atoms with van der Waals surface area (Å²) in [6.45, 7) is 4.20. The molecule has 3 rings (SSSR count). The average Bonchev–Trinajstić information content (AvgIpc) is 3.20. The molecule has 0 atom stereocenters. The van der Waals surface area contributed by atoms with E-state index in [0.717, 1.165) is 37.2 Å². The van der Waals surface area contributed by atoms with Crippen LogP contribution in [0.15, 0.2) is 58.3 Å². The van der Waals surface area contributed by atoms with Gasteiger partial charge in [-0.25, -0.2) is 9.36 Å². The van der Waals surface area contributed by atoms with Crippen LogP contribution in [0.5, 0.6) is 5.88 Å². The monoisotopic (exact) mass is 583 g/mol. The SMILES string of the molecule is CCCCSCC(=O)Nc1ccc(-n2c(O)c(N(C)C)c(=O)n2-c2ccc(N=CC(=O)SCCCC)cc2)cc1. The fourth-order valence-corrected chi connectivity index (χ4v) is 5.46. The highest BCUT2D eigenvalue weighted by molar-refractivity contribution is 8.15. The number of aromatic nitrogens is 2. The first kappa shape index (κ1) is 31.1. The predicted molar refractivity (Wildman–Crippen MR) is 169 cm³/mol. The lowest BCUT2D eigenvalue weighted by Crippen LogP contribution is -2.24. The molecule has 9 nitrogen and oxygen atoms in total. The summed E-state index contributed by atoms with van der Waals surface area (Å²) in [5, 5.41) is 13.9. The summed E-state index contributed by atoms with van der Waals surface area (Å²) < 4.78 is 2.80. The summed E-state index contributed by atoms with van der Waals surface area (Å²) in [7, 11) is 3.38. The number of unbranched alkanes of at least 4 members (excludes halogenated alkanes) is 2. The fourth-order valence-electron chi connectivity index (χ4n) is 3.80. The Labute approximate surface area is 243 Å². The van der Waals surface area contributed by atoms with E-state index in [2.05, 4.69) is 24.2 Å². The largest absolute Gasteiger partial charge is 0.492 e. The van der Waals surface area contributed by atoms with E-state index in [1.54, 1.807) is 79.3 Å². The number of rotatable bonds is 14. The lowest BCUT2D eigenvalue weighted by atomic mass is 10.2. The number of anilines is 2. The number of amides is 1. The molecule has 40 heavy (non-hydrogen) atoms. The minimum absolute atomic E-state index is 0.0755. The molecule has 214 valence electrons. The molecule has 1 amide bonds. The highest BCUT2D eigenvalue weighted by Crippen LogP contribution is 2.29. The molecule has 0 radical (unpaired) electrons. The molecule has 2 N–H and O–H groups in total. The van der Waals surface area contributed by atoms with Crippen LogP contribution in [0.4, 0.5) is 17.1 Å². The van der Waals surface area contributed by atoms with Gasteiger partial charge in [0.1, 0.15) is 0 Å². The van der Waals surface area contributed by atoms with Gasteiger partial charge in [0.05, 0.1) is 29.0 Å². The molecule has 1 aromatic heterocycles. The van der Waals surface area contributed by atoms with Gasteiger partial charge in [-0.1, -0.05) is 38.5 Å². The van der Waals surface area contributed by atoms with Crippen molar-refractivity contribution in [2.45, 2.75) is 39.5 Å². The molecule has 0 saturated carbocycles. The molecule has 2 aromatic carbocycles. The number of carbonyl (C=O) groups is 2. The normalized spacial score (nSPS) is 11.2. The highest BCUT2D eigenvalue weighted by Gasteiger charge is 2.23. The summed E-state index contributed by atoms with van der Waals surface area (Å²) in [6, 6.07) is 13.8. The van der Waals surface area contributed by atoms with Gasteiger partial charge in [-0.3, -0.25) is 19.4 Å². The molecule has 0 aliphatic heterocycles. The molecule has 0 saturated heterocycles. The molecule has 1 heterocycles. The number of nitrogens with one attached hydrogen (secondary N) is 1. The van der Waals surface area contributed by atoms with Gasteiger partial charge >= 0.3 is 0 Å². The van der Waals surface area contributed by atoms with E-state index in [1.165, 1.54) is 27.3 Å². The van der Waals surface area contributed by atoms with Crippen molar-refractivity contribution in [3.63, 3.8) is 0 Å². The van der Waals surface area contributed by atoms with Gasteiger partial charge in [-0.15, -0.1) is 0 Å². The third kappa shape index (κ3) is 8.28. The Morgan fingerprint density at radius 1 is 0.950 bits per heavy atom. The maximum atomic E-state index is 13.4. The third-order valence-corrected chi connectivity index (χ3v) is 7.81. The molecular formula is C29H37N5O4S2. The van der Waals surface area contributed by atoms with Crippen molar-refractivity contribution < 1.29 is 14.7 Å². The zero-order valence-corrected chi connectivity index (χ0v) is 25.1. The van der Waals surface area contributed by atoms with Crippen LogP contribution in [-0.4, -0.2) is 63.1 Å². The van der Waals surface area contributed by atoms with Crippen molar-refractivity contribution in [3.8, 4) is 17.3 Å². The molecule has 3 aromatic rings. The summed E-state index contributed by atoms with van der Waals surface area (Å²) in [6.07, 6.45) is 5.50. The molecular weight excluding hydrogens is 546 g/mol. The number of hydrogen-bond donors (Lipinski definition) is 2. The molecule has 0 fully saturated rings. The quantitative estimate of drug-likeness (QED) is 0.187. The maximum absolute atomic E-state index is 13.4. The Bertz CT molecular complexity index is 1360. The van der Waals surface area contributed by atoms with Crippen molar-refractivity contribution in [1.82, 2.24) is 9.36 Å². The van der Waals surface area contributed by atoms with Crippen LogP contribution in [0.2, 0.25) is 0 Å². The third-order valence-electron chi connectivity index (χ3n) is 5.88. The lowest BCUT2D eigenvalue weighted by Gasteiger charge is -2.14. The molecule has 0 spiro atoms. The minimum Gasteiger partial charge on any atom is -0.492 e. The van der Waals surface area contributed by atoms with E-state index in [1.807, 2.05) is 0 Å². The molecule has 0 aliphatic carbocycles. The van der Waals surface area contributed by atoms with Crippen LogP contribution < -0.4 is 15.8 Å². The van der Waals surface area contributed by atoms with Gasteiger partial charge in [-0.2, -0.15) is 11.8 Å². The first-order valence-corrected chi connectivity index (χ1v) is 15.4. The molecule has 0 bridgehead atoms. The topological polar surface area (TPSA) is 109 Å². The number of aliphatic imine (C=N–C) groups is 1. The number of aromatic hydroxyl groups is 1. The molecule has 0 unspecified atom stereocenters. The fraction of sp³-hybridized carbons (Fsp3) is 0.379. The van der Waals surface area contributed by atoms with Crippen LogP contribution in [0, 0.1) is 0 Å². The van der Waals surface area contributed by atoms with E-state index in [4.69, 9.17) is 0 Å². The standard InChI is InChI=1S/C29H37N5O4S2/c1-5-7-17-39-20-25(35)31-22-11-15-24(16-12-22)34-29(38)27(32(3)4)28(37)33(34)23-13-9-21(10-14-23)30-19-26(36)40-18-8-6-2/h9-16,19,38H,5-8,17-18,20H2,1-4H3,(H,31,35). The zero-order valence-electron chi connectivity index (χ0n) is 23.4. The van der Waals surface area contributed by atoms with Gasteiger partial charge in [-0.05, 0) is 67.1 Å². The molecule has 0 aliphatic rings. The first-order chi connectivity index (χ1) is 19.3. The number of nitrogens with zero attached hydrogens (tertiary/aromatic N) is 4. The second-order valence-electron chi connectivity index (χ2n) is 9.29. The van der Waals surface area contributed by atoms with Crippen LogP contribution in [0.25, 0.3) is 11.4 Å². The number of hydrogen-bond acceptors (Lipinski definition) is 8. The first-order valence-electron chi connectivity index (χ1n) is 13.3. The van der Waals surface area contributed by atoms with Gasteiger partial charge in [0, 0.05) is 25.5 Å². The summed E-state index contributed by atoms with van der Waals surface area (Å²) in [5.41, 5.74) is 1.99. The van der Waals surface area contributed by atoms with E-state index in [-0.39, 0.29) is 22.6 Å². The lowest BCUT2D eigenvalue weighted by molar-refractivity contribution is -0.113. The minimum atomic E-state index is -0.400. The van der Waals surface area contributed by atoms with Crippen LogP contribution >= 0.6 is 23.5 Å². The van der Waals surface area contributed by atoms with Crippen molar-refractivity contribution in [2.75, 3.05) is 41.6 Å². The summed E-state index contributed by atoms with van der Waals surface area (Å²) in [5.74, 6) is 1.82. The average molecular weight is 584 g/mol. The van der Waals surface area contributed by atoms with Crippen molar-refractivity contribution >= 4 is 57.8 Å². The second kappa shape index (κ2) is 15.4. The number of thioether (sulfide) groups is 2. The van der Waals surface area contributed by atoms with Crippen LogP contribution in [0.1, 0.15) is 39.5 Å². The number of carbonyl (C=O) groups excluding carboxylic acids is 2. The van der Waals surface area contributed by atoms with E-state index >= 15 is 0 Å². The number of benzene rings is 2. The molecule has 11 heteroatoms. The summed E-state index contributed by atoms with van der Waals surface area (Å²) >= 11 is 2.85.